The van der Waals surface area contributed by atoms with E-state index in [1.807, 2.05) is 18.7 Å². The Hall–Kier alpha value is -3.31. The lowest BCUT2D eigenvalue weighted by Crippen LogP contribution is -2.50. The first kappa shape index (κ1) is 27.3. The number of hydrogen-bond acceptors (Lipinski definition) is 7. The molecule has 0 aliphatic carbocycles. The van der Waals surface area contributed by atoms with Crippen LogP contribution in [0.3, 0.4) is 0 Å². The molecule has 0 saturated carbocycles. The van der Waals surface area contributed by atoms with E-state index in [4.69, 9.17) is 11.6 Å². The predicted molar refractivity (Wildman–Crippen MR) is 144 cm³/mol. The van der Waals surface area contributed by atoms with Crippen LogP contribution in [0.15, 0.2) is 24.3 Å². The van der Waals surface area contributed by atoms with E-state index in [-0.39, 0.29) is 47.8 Å². The highest BCUT2D eigenvalue weighted by molar-refractivity contribution is 6.30. The smallest absolute Gasteiger partial charge is 0.310 e. The van der Waals surface area contributed by atoms with E-state index in [1.54, 1.807) is 18.2 Å². The van der Waals surface area contributed by atoms with Gasteiger partial charge in [0.2, 0.25) is 5.95 Å². The lowest BCUT2D eigenvalue weighted by molar-refractivity contribution is -0.154. The van der Waals surface area contributed by atoms with Crippen LogP contribution >= 0.6 is 11.6 Å². The van der Waals surface area contributed by atoms with Crippen molar-refractivity contribution in [2.75, 3.05) is 29.9 Å². The number of carboxylic acids is 1. The van der Waals surface area contributed by atoms with Gasteiger partial charge in [-0.3, -0.25) is 14.8 Å². The van der Waals surface area contributed by atoms with Crippen LogP contribution in [0.4, 0.5) is 26.4 Å². The second-order valence-electron chi connectivity index (χ2n) is 10.5. The molecule has 5 rings (SSSR count). The molecule has 1 aromatic carbocycles. The van der Waals surface area contributed by atoms with E-state index in [2.05, 4.69) is 30.4 Å². The normalized spacial score (nSPS) is 21.6. The van der Waals surface area contributed by atoms with E-state index in [0.29, 0.717) is 44.0 Å². The highest BCUT2D eigenvalue weighted by atomic mass is 35.5. The van der Waals surface area contributed by atoms with Gasteiger partial charge in [0.25, 0.3) is 0 Å². The van der Waals surface area contributed by atoms with E-state index >= 15 is 4.39 Å². The molecule has 39 heavy (non-hydrogen) atoms. The minimum absolute atomic E-state index is 0.0593. The van der Waals surface area contributed by atoms with Gasteiger partial charge in [0.15, 0.2) is 17.5 Å². The largest absolute Gasteiger partial charge is 0.481 e. The van der Waals surface area contributed by atoms with Crippen LogP contribution < -0.4 is 10.2 Å². The van der Waals surface area contributed by atoms with Crippen LogP contribution in [0.2, 0.25) is 5.02 Å². The molecule has 2 atom stereocenters. The van der Waals surface area contributed by atoms with E-state index in [1.165, 1.54) is 6.07 Å². The fraction of sp³-hybridized carbons (Fsp3) is 0.481. The third kappa shape index (κ3) is 5.56. The zero-order valence-electron chi connectivity index (χ0n) is 22.0. The summed E-state index contributed by atoms with van der Waals surface area (Å²) in [5, 5.41) is 20.5. The number of piperidine rings is 1. The lowest BCUT2D eigenvalue weighted by atomic mass is 9.71. The van der Waals surface area contributed by atoms with Crippen LogP contribution in [-0.2, 0) is 17.8 Å². The number of hydrogen-bond donors (Lipinski definition) is 3. The number of carboxylic acid groups (broad SMARTS) is 1. The van der Waals surface area contributed by atoms with Gasteiger partial charge in [0.1, 0.15) is 5.82 Å². The van der Waals surface area contributed by atoms with Gasteiger partial charge in [-0.05, 0) is 45.2 Å². The summed E-state index contributed by atoms with van der Waals surface area (Å²) in [5.41, 5.74) is 0.135. The van der Waals surface area contributed by atoms with E-state index in [0.717, 1.165) is 12.1 Å². The fourth-order valence-electron chi connectivity index (χ4n) is 5.46. The second kappa shape index (κ2) is 11.1. The number of aliphatic carboxylic acids is 1. The number of aromatic nitrogens is 4. The number of H-pyrrole nitrogens is 1. The number of nitrogens with one attached hydrogen (secondary N) is 2. The van der Waals surface area contributed by atoms with Gasteiger partial charge in [-0.25, -0.2) is 13.8 Å². The van der Waals surface area contributed by atoms with Crippen LogP contribution in [0.5, 0.6) is 0 Å². The van der Waals surface area contributed by atoms with Gasteiger partial charge in [0.05, 0.1) is 16.1 Å². The number of likely N-dealkylation sites (tertiary alicyclic amines) is 1. The maximum Gasteiger partial charge on any atom is 0.310 e. The number of rotatable bonds is 9. The van der Waals surface area contributed by atoms with Crippen LogP contribution in [0.1, 0.15) is 49.6 Å². The maximum absolute atomic E-state index is 15.8. The third-order valence-electron chi connectivity index (χ3n) is 7.86. The van der Waals surface area contributed by atoms with Crippen molar-refractivity contribution in [3.05, 3.63) is 57.9 Å². The molecule has 2 saturated heterocycles. The monoisotopic (exact) mass is 559 g/mol. The number of aromatic amines is 1. The lowest BCUT2D eigenvalue weighted by Gasteiger charge is -2.44. The van der Waals surface area contributed by atoms with E-state index < -0.39 is 23.0 Å². The number of nitrogens with zero attached hydrogens (tertiary/aromatic N) is 5. The van der Waals surface area contributed by atoms with Crippen molar-refractivity contribution in [1.29, 1.82) is 0 Å². The van der Waals surface area contributed by atoms with Crippen LogP contribution in [-0.4, -0.2) is 61.8 Å². The molecule has 0 unspecified atom stereocenters. The summed E-state index contributed by atoms with van der Waals surface area (Å²) in [4.78, 5) is 25.5. The zero-order valence-corrected chi connectivity index (χ0v) is 22.7. The SMILES string of the molecule is CC[C@@H]1C[C@](Cc2nc(Nc3cc(C)[nH]n3)nc(N3CCC3)c2F)(C(=O)O)CCN1Cc1cccc(Cl)c1F. The Kier molecular flexibility index (Phi) is 7.73. The minimum Gasteiger partial charge on any atom is -0.481 e. The van der Waals surface area contributed by atoms with Gasteiger partial charge >= 0.3 is 5.97 Å². The fourth-order valence-corrected chi connectivity index (χ4v) is 5.66. The quantitative estimate of drug-likeness (QED) is 0.333. The summed E-state index contributed by atoms with van der Waals surface area (Å²) in [6, 6.07) is 6.54. The Balaban J connectivity index is 1.43. The topological polar surface area (TPSA) is 110 Å². The van der Waals surface area contributed by atoms with Crippen molar-refractivity contribution in [3.63, 3.8) is 0 Å². The van der Waals surface area contributed by atoms with Crippen molar-refractivity contribution >= 4 is 35.2 Å². The molecule has 208 valence electrons. The molecule has 2 aliphatic heterocycles. The van der Waals surface area contributed by atoms with Crippen molar-refractivity contribution < 1.29 is 18.7 Å². The number of halogens is 3. The molecule has 2 aliphatic rings. The summed E-state index contributed by atoms with van der Waals surface area (Å²) in [5.74, 6) is -1.22. The minimum atomic E-state index is -1.23. The molecule has 0 radical (unpaired) electrons. The van der Waals surface area contributed by atoms with Gasteiger partial charge in [0, 0.05) is 49.4 Å². The molecule has 0 spiro atoms. The molecule has 0 amide bonds. The van der Waals surface area contributed by atoms with Crippen molar-refractivity contribution in [2.45, 2.75) is 58.5 Å². The Labute approximate surface area is 230 Å². The number of carbonyl (C=O) groups is 1. The van der Waals surface area contributed by atoms with E-state index in [9.17, 15) is 14.3 Å². The summed E-state index contributed by atoms with van der Waals surface area (Å²) < 4.78 is 30.4. The zero-order chi connectivity index (χ0) is 27.7. The molecule has 2 fully saturated rings. The third-order valence-corrected chi connectivity index (χ3v) is 8.15. The standard InChI is InChI=1S/C27H32ClF2N7O2/c1-3-18-13-27(25(38)39,8-11-37(18)15-17-6-4-7-19(28)22(17)29)14-20-23(30)24(36-9-5-10-36)33-26(31-20)32-21-12-16(2)34-35-21/h4,6-7,12,18H,3,5,8-11,13-15H2,1-2H3,(H,38,39)(H2,31,32,33,34,35)/t18-,27-/m1/s1. The van der Waals surface area contributed by atoms with Crippen molar-refractivity contribution in [1.82, 2.24) is 25.1 Å². The summed E-state index contributed by atoms with van der Waals surface area (Å²) in [6.45, 7) is 5.91. The average molecular weight is 560 g/mol. The second-order valence-corrected chi connectivity index (χ2v) is 10.9. The Bertz CT molecular complexity index is 1370. The first-order valence-electron chi connectivity index (χ1n) is 13.2. The highest BCUT2D eigenvalue weighted by Crippen LogP contribution is 2.41. The Morgan fingerprint density at radius 3 is 2.69 bits per heavy atom. The molecule has 4 heterocycles. The predicted octanol–water partition coefficient (Wildman–Crippen LogP) is 5.08. The number of benzene rings is 1. The van der Waals surface area contributed by atoms with Crippen LogP contribution in [0.25, 0.3) is 0 Å². The van der Waals surface area contributed by atoms with Crippen molar-refractivity contribution in [3.8, 4) is 0 Å². The number of anilines is 3. The molecule has 9 nitrogen and oxygen atoms in total. The summed E-state index contributed by atoms with van der Waals surface area (Å²) >= 11 is 5.98. The Morgan fingerprint density at radius 1 is 1.26 bits per heavy atom. The van der Waals surface area contributed by atoms with Gasteiger partial charge in [-0.1, -0.05) is 30.7 Å². The van der Waals surface area contributed by atoms with Gasteiger partial charge < -0.3 is 15.3 Å². The molecule has 0 bridgehead atoms. The molecular weight excluding hydrogens is 528 g/mol. The first-order chi connectivity index (χ1) is 18.7. The number of aryl methyl sites for hydroxylation is 1. The van der Waals surface area contributed by atoms with Crippen molar-refractivity contribution in [2.24, 2.45) is 5.41 Å². The molecule has 3 aromatic rings. The van der Waals surface area contributed by atoms with Crippen LogP contribution in [0, 0.1) is 24.0 Å². The maximum atomic E-state index is 15.8. The van der Waals surface area contributed by atoms with Gasteiger partial charge in [-0.15, -0.1) is 0 Å². The summed E-state index contributed by atoms with van der Waals surface area (Å²) in [7, 11) is 0. The molecule has 12 heteroatoms. The average Bonchev–Trinajstić information content (AvgIpc) is 3.28. The highest BCUT2D eigenvalue weighted by Gasteiger charge is 2.46. The summed E-state index contributed by atoms with van der Waals surface area (Å²) in [6.07, 6.45) is 2.06. The molecule has 2 aromatic heterocycles. The Morgan fingerprint density at radius 2 is 2.05 bits per heavy atom. The molecule has 3 N–H and O–H groups in total. The first-order valence-corrected chi connectivity index (χ1v) is 13.6. The van der Waals surface area contributed by atoms with Gasteiger partial charge in [-0.2, -0.15) is 10.1 Å². The molecular formula is C27H32ClF2N7O2.